The quantitative estimate of drug-likeness (QED) is 0.351. The van der Waals surface area contributed by atoms with Gasteiger partial charge >= 0.3 is 17.9 Å². The van der Waals surface area contributed by atoms with E-state index >= 15 is 0 Å². The third kappa shape index (κ3) is 1.65. The van der Waals surface area contributed by atoms with Gasteiger partial charge in [0.2, 0.25) is 0 Å². The maximum Gasteiger partial charge on any atom is 0.321 e. The Labute approximate surface area is 86.0 Å². The van der Waals surface area contributed by atoms with Gasteiger partial charge in [0.15, 0.2) is 0 Å². The topological polar surface area (TPSA) is 69.7 Å². The van der Waals surface area contributed by atoms with Crippen LogP contribution in [0.2, 0.25) is 0 Å². The van der Waals surface area contributed by atoms with Crippen LogP contribution in [-0.2, 0) is 23.9 Å². The van der Waals surface area contributed by atoms with Crippen molar-refractivity contribution in [3.05, 3.63) is 12.2 Å². The normalized spacial score (nSPS) is 33.5. The summed E-state index contributed by atoms with van der Waals surface area (Å²) in [6, 6.07) is 0. The summed E-state index contributed by atoms with van der Waals surface area (Å²) in [7, 11) is 0. The minimum absolute atomic E-state index is 0.465. The van der Waals surface area contributed by atoms with Gasteiger partial charge in [-0.2, -0.15) is 0 Å². The van der Waals surface area contributed by atoms with Crippen LogP contribution in [0.5, 0.6) is 0 Å². The van der Waals surface area contributed by atoms with E-state index in [-0.39, 0.29) is 0 Å². The minimum Gasteiger partial charge on any atom is -0.457 e. The zero-order valence-electron chi connectivity index (χ0n) is 8.14. The maximum absolute atomic E-state index is 11.3. The van der Waals surface area contributed by atoms with E-state index in [0.29, 0.717) is 6.42 Å². The van der Waals surface area contributed by atoms with E-state index in [1.54, 1.807) is 12.2 Å². The molecule has 0 aromatic rings. The molecule has 0 N–H and O–H groups in total. The predicted octanol–water partition coefficient (Wildman–Crippen LogP) is 0.194. The Kier molecular flexibility index (Phi) is 2.30. The van der Waals surface area contributed by atoms with E-state index in [1.807, 2.05) is 0 Å². The molecule has 2 rings (SSSR count). The number of ether oxygens (including phenoxy) is 2. The van der Waals surface area contributed by atoms with Gasteiger partial charge in [0.05, 0.1) is 5.92 Å². The van der Waals surface area contributed by atoms with Crippen molar-refractivity contribution in [1.82, 2.24) is 0 Å². The number of rotatable bonds is 1. The summed E-state index contributed by atoms with van der Waals surface area (Å²) in [5.41, 5.74) is 0. The van der Waals surface area contributed by atoms with Crippen LogP contribution in [0, 0.1) is 11.8 Å². The number of fused-ring (bicyclic) bond motifs is 1. The Morgan fingerprint density at radius 3 is 2.87 bits per heavy atom. The molecule has 0 saturated carbocycles. The molecule has 3 atom stereocenters. The maximum atomic E-state index is 11.3. The first-order chi connectivity index (χ1) is 7.09. The van der Waals surface area contributed by atoms with Gasteiger partial charge in [-0.1, -0.05) is 6.08 Å². The van der Waals surface area contributed by atoms with Crippen LogP contribution in [0.15, 0.2) is 12.2 Å². The highest BCUT2D eigenvalue weighted by Crippen LogP contribution is 2.34. The summed E-state index contributed by atoms with van der Waals surface area (Å²) in [6.07, 6.45) is 3.16. The average molecular weight is 210 g/mol. The van der Waals surface area contributed by atoms with Crippen molar-refractivity contribution in [2.75, 3.05) is 0 Å². The molecule has 1 aliphatic carbocycles. The van der Waals surface area contributed by atoms with Gasteiger partial charge in [-0.15, -0.1) is 0 Å². The van der Waals surface area contributed by atoms with Crippen molar-refractivity contribution in [3.8, 4) is 0 Å². The molecule has 0 bridgehead atoms. The molecular formula is C10H10O5. The highest BCUT2D eigenvalue weighted by atomic mass is 16.6. The molecule has 1 aliphatic heterocycles. The van der Waals surface area contributed by atoms with Gasteiger partial charge in [-0.3, -0.25) is 14.4 Å². The Balaban J connectivity index is 2.22. The van der Waals surface area contributed by atoms with E-state index in [0.717, 1.165) is 0 Å². The van der Waals surface area contributed by atoms with E-state index in [4.69, 9.17) is 4.74 Å². The second-order valence-corrected chi connectivity index (χ2v) is 3.61. The largest absolute Gasteiger partial charge is 0.457 e. The number of cyclic esters (lactones) is 2. The summed E-state index contributed by atoms with van der Waals surface area (Å²) in [6.45, 7) is 1.26. The summed E-state index contributed by atoms with van der Waals surface area (Å²) in [4.78, 5) is 33.4. The summed E-state index contributed by atoms with van der Waals surface area (Å²) in [5, 5.41) is 0. The van der Waals surface area contributed by atoms with Crippen molar-refractivity contribution in [2.24, 2.45) is 11.8 Å². The Morgan fingerprint density at radius 2 is 2.20 bits per heavy atom. The van der Waals surface area contributed by atoms with Crippen LogP contribution in [0.25, 0.3) is 0 Å². The Bertz CT molecular complexity index is 357. The summed E-state index contributed by atoms with van der Waals surface area (Å²) in [5.74, 6) is -2.75. The van der Waals surface area contributed by atoms with Crippen molar-refractivity contribution in [1.29, 1.82) is 0 Å². The molecule has 0 aromatic carbocycles. The van der Waals surface area contributed by atoms with Crippen LogP contribution in [0.3, 0.4) is 0 Å². The fourth-order valence-electron chi connectivity index (χ4n) is 1.94. The summed E-state index contributed by atoms with van der Waals surface area (Å²) < 4.78 is 9.46. The Hall–Kier alpha value is -1.65. The molecule has 1 heterocycles. The number of allylic oxidation sites excluding steroid dienone is 1. The SMILES string of the molecule is CC(=O)O[C@@H]1C=CC[C@H]2C(=O)OC(=O)[C@H]12. The van der Waals surface area contributed by atoms with Crippen LogP contribution in [0.1, 0.15) is 13.3 Å². The van der Waals surface area contributed by atoms with Crippen molar-refractivity contribution in [3.63, 3.8) is 0 Å². The van der Waals surface area contributed by atoms with Gasteiger partial charge in [-0.05, 0) is 12.5 Å². The second kappa shape index (κ2) is 3.49. The smallest absolute Gasteiger partial charge is 0.321 e. The fraction of sp³-hybridized carbons (Fsp3) is 0.500. The fourth-order valence-corrected chi connectivity index (χ4v) is 1.94. The van der Waals surface area contributed by atoms with Crippen molar-refractivity contribution >= 4 is 17.9 Å². The molecule has 0 aromatic heterocycles. The lowest BCUT2D eigenvalue weighted by molar-refractivity contribution is -0.155. The summed E-state index contributed by atoms with van der Waals surface area (Å²) >= 11 is 0. The average Bonchev–Trinajstić information content (AvgIpc) is 2.43. The van der Waals surface area contributed by atoms with Gasteiger partial charge < -0.3 is 9.47 Å². The standard InChI is InChI=1S/C10H10O5/c1-5(11)14-7-4-2-3-6-8(7)10(13)15-9(6)12/h2,4,6-8H,3H2,1H3/t6-,7-,8+/m1/s1. The molecule has 2 aliphatic rings. The second-order valence-electron chi connectivity index (χ2n) is 3.61. The molecule has 1 fully saturated rings. The van der Waals surface area contributed by atoms with Crippen molar-refractivity contribution < 1.29 is 23.9 Å². The van der Waals surface area contributed by atoms with Crippen LogP contribution in [0.4, 0.5) is 0 Å². The Morgan fingerprint density at radius 1 is 1.47 bits per heavy atom. The van der Waals surface area contributed by atoms with Gasteiger partial charge in [0, 0.05) is 6.92 Å². The number of carbonyl (C=O) groups excluding carboxylic acids is 3. The highest BCUT2D eigenvalue weighted by molar-refractivity contribution is 5.97. The molecule has 0 spiro atoms. The van der Waals surface area contributed by atoms with Crippen LogP contribution in [-0.4, -0.2) is 24.0 Å². The lowest BCUT2D eigenvalue weighted by Gasteiger charge is -2.23. The van der Waals surface area contributed by atoms with Crippen LogP contribution >= 0.6 is 0 Å². The molecule has 1 saturated heterocycles. The van der Waals surface area contributed by atoms with Gasteiger partial charge in [0.1, 0.15) is 12.0 Å². The lowest BCUT2D eigenvalue weighted by Crippen LogP contribution is -2.34. The van der Waals surface area contributed by atoms with Gasteiger partial charge in [-0.25, -0.2) is 0 Å². The first-order valence-corrected chi connectivity index (χ1v) is 4.69. The number of hydrogen-bond acceptors (Lipinski definition) is 5. The number of hydrogen-bond donors (Lipinski definition) is 0. The molecule has 0 amide bonds. The van der Waals surface area contributed by atoms with E-state index in [2.05, 4.69) is 4.74 Å². The monoisotopic (exact) mass is 210 g/mol. The first kappa shape index (κ1) is 9.89. The molecule has 0 unspecified atom stereocenters. The van der Waals surface area contributed by atoms with E-state index in [1.165, 1.54) is 6.92 Å². The third-order valence-corrected chi connectivity index (χ3v) is 2.58. The van der Waals surface area contributed by atoms with Crippen LogP contribution < -0.4 is 0 Å². The number of esters is 3. The predicted molar refractivity (Wildman–Crippen MR) is 47.4 cm³/mol. The van der Waals surface area contributed by atoms with Crippen molar-refractivity contribution in [2.45, 2.75) is 19.4 Å². The molecular weight excluding hydrogens is 200 g/mol. The number of carbonyl (C=O) groups is 3. The molecule has 5 heteroatoms. The first-order valence-electron chi connectivity index (χ1n) is 4.69. The molecule has 15 heavy (non-hydrogen) atoms. The van der Waals surface area contributed by atoms with E-state index in [9.17, 15) is 14.4 Å². The highest BCUT2D eigenvalue weighted by Gasteiger charge is 2.50. The van der Waals surface area contributed by atoms with E-state index < -0.39 is 35.8 Å². The molecule has 0 radical (unpaired) electrons. The zero-order valence-corrected chi connectivity index (χ0v) is 8.14. The van der Waals surface area contributed by atoms with Gasteiger partial charge in [0.25, 0.3) is 0 Å². The minimum atomic E-state index is -0.666. The molecule has 5 nitrogen and oxygen atoms in total. The zero-order chi connectivity index (χ0) is 11.0. The lowest BCUT2D eigenvalue weighted by atomic mass is 9.83. The third-order valence-electron chi connectivity index (χ3n) is 2.58. The molecule has 80 valence electrons.